The summed E-state index contributed by atoms with van der Waals surface area (Å²) in [6.45, 7) is 0. The molecule has 0 saturated carbocycles. The second-order valence-corrected chi connectivity index (χ2v) is 6.95. The summed E-state index contributed by atoms with van der Waals surface area (Å²) in [5, 5.41) is 11.3. The van der Waals surface area contributed by atoms with Gasteiger partial charge in [0.2, 0.25) is 0 Å². The standard InChI is InChI=1S/C20H19ClN4O/c1-25-12-17(11-22-25)23-16-4-2-3-14(10-16)20(26)24-19-8-5-13-9-15(21)6-7-18(13)19/h2-4,6-7,9-12,19,23H,5,8H2,1H3,(H,24,26). The van der Waals surface area contributed by atoms with Gasteiger partial charge >= 0.3 is 0 Å². The maximum absolute atomic E-state index is 12.7. The number of carbonyl (C=O) groups is 1. The molecule has 5 nitrogen and oxygen atoms in total. The molecule has 0 saturated heterocycles. The van der Waals surface area contributed by atoms with Crippen LogP contribution in [0, 0.1) is 0 Å². The second-order valence-electron chi connectivity index (χ2n) is 6.52. The van der Waals surface area contributed by atoms with Gasteiger partial charge in [0.1, 0.15) is 0 Å². The Labute approximate surface area is 157 Å². The molecule has 0 radical (unpaired) electrons. The summed E-state index contributed by atoms with van der Waals surface area (Å²) in [5.41, 5.74) is 4.74. The zero-order valence-electron chi connectivity index (χ0n) is 14.4. The van der Waals surface area contributed by atoms with Crippen LogP contribution < -0.4 is 10.6 Å². The first-order chi connectivity index (χ1) is 12.6. The van der Waals surface area contributed by atoms with Gasteiger partial charge in [-0.3, -0.25) is 9.48 Å². The molecule has 1 aliphatic carbocycles. The van der Waals surface area contributed by atoms with Crippen molar-refractivity contribution in [2.75, 3.05) is 5.32 Å². The molecule has 0 fully saturated rings. The Morgan fingerprint density at radius 2 is 2.12 bits per heavy atom. The number of hydrogen-bond donors (Lipinski definition) is 2. The zero-order valence-corrected chi connectivity index (χ0v) is 15.1. The van der Waals surface area contributed by atoms with Crippen molar-refractivity contribution in [2.24, 2.45) is 7.05 Å². The highest BCUT2D eigenvalue weighted by atomic mass is 35.5. The first-order valence-corrected chi connectivity index (χ1v) is 8.91. The Bertz CT molecular complexity index is 966. The van der Waals surface area contributed by atoms with Crippen LogP contribution in [-0.2, 0) is 13.5 Å². The van der Waals surface area contributed by atoms with Gasteiger partial charge in [0.15, 0.2) is 0 Å². The molecule has 1 atom stereocenters. The Kier molecular flexibility index (Phi) is 4.39. The molecule has 6 heteroatoms. The minimum absolute atomic E-state index is 0.0321. The maximum atomic E-state index is 12.7. The minimum Gasteiger partial charge on any atom is -0.353 e. The van der Waals surface area contributed by atoms with Crippen molar-refractivity contribution in [3.05, 3.63) is 76.6 Å². The Morgan fingerprint density at radius 1 is 1.23 bits per heavy atom. The van der Waals surface area contributed by atoms with E-state index in [-0.39, 0.29) is 11.9 Å². The van der Waals surface area contributed by atoms with E-state index in [1.54, 1.807) is 10.9 Å². The first kappa shape index (κ1) is 16.7. The lowest BCUT2D eigenvalue weighted by Gasteiger charge is -2.15. The van der Waals surface area contributed by atoms with Crippen molar-refractivity contribution in [1.29, 1.82) is 0 Å². The van der Waals surface area contributed by atoms with E-state index in [0.29, 0.717) is 5.56 Å². The number of aromatic nitrogens is 2. The second kappa shape index (κ2) is 6.84. The van der Waals surface area contributed by atoms with E-state index < -0.39 is 0 Å². The molecular weight excluding hydrogens is 348 g/mol. The molecule has 2 aromatic carbocycles. The summed E-state index contributed by atoms with van der Waals surface area (Å²) in [4.78, 5) is 12.7. The van der Waals surface area contributed by atoms with Crippen molar-refractivity contribution in [2.45, 2.75) is 18.9 Å². The lowest BCUT2D eigenvalue weighted by Crippen LogP contribution is -2.27. The van der Waals surface area contributed by atoms with E-state index in [0.717, 1.165) is 34.8 Å². The van der Waals surface area contributed by atoms with Gasteiger partial charge in [-0.05, 0) is 54.3 Å². The number of nitrogens with zero attached hydrogens (tertiary/aromatic N) is 2. The summed E-state index contributed by atoms with van der Waals surface area (Å²) in [6, 6.07) is 13.4. The van der Waals surface area contributed by atoms with Crippen LogP contribution >= 0.6 is 11.6 Å². The lowest BCUT2D eigenvalue weighted by molar-refractivity contribution is 0.0937. The SMILES string of the molecule is Cn1cc(Nc2cccc(C(=O)NC3CCc4cc(Cl)ccc43)c2)cn1. The smallest absolute Gasteiger partial charge is 0.251 e. The van der Waals surface area contributed by atoms with Gasteiger partial charge in [0.25, 0.3) is 5.91 Å². The average Bonchev–Trinajstić information content (AvgIpc) is 3.21. The number of aryl methyl sites for hydroxylation is 2. The highest BCUT2D eigenvalue weighted by Gasteiger charge is 2.24. The van der Waals surface area contributed by atoms with E-state index in [2.05, 4.69) is 15.7 Å². The van der Waals surface area contributed by atoms with Crippen LogP contribution in [0.4, 0.5) is 11.4 Å². The van der Waals surface area contributed by atoms with E-state index in [1.165, 1.54) is 5.56 Å². The van der Waals surface area contributed by atoms with Crippen molar-refractivity contribution in [1.82, 2.24) is 15.1 Å². The van der Waals surface area contributed by atoms with Gasteiger partial charge in [-0.15, -0.1) is 0 Å². The van der Waals surface area contributed by atoms with Gasteiger partial charge in [-0.2, -0.15) is 5.10 Å². The third-order valence-corrected chi connectivity index (χ3v) is 4.84. The Morgan fingerprint density at radius 3 is 2.92 bits per heavy atom. The minimum atomic E-state index is -0.0763. The van der Waals surface area contributed by atoms with E-state index >= 15 is 0 Å². The topological polar surface area (TPSA) is 59.0 Å². The van der Waals surface area contributed by atoms with Crippen molar-refractivity contribution in [3.63, 3.8) is 0 Å². The molecule has 3 aromatic rings. The fourth-order valence-corrected chi connectivity index (χ4v) is 3.56. The highest BCUT2D eigenvalue weighted by molar-refractivity contribution is 6.30. The molecule has 132 valence electrons. The summed E-state index contributed by atoms with van der Waals surface area (Å²) in [5.74, 6) is -0.0763. The third kappa shape index (κ3) is 3.44. The number of nitrogens with one attached hydrogen (secondary N) is 2. The van der Waals surface area contributed by atoms with Crippen LogP contribution in [0.2, 0.25) is 5.02 Å². The molecule has 0 aliphatic heterocycles. The fourth-order valence-electron chi connectivity index (χ4n) is 3.37. The van der Waals surface area contributed by atoms with Gasteiger partial charge in [0.05, 0.1) is 17.9 Å². The maximum Gasteiger partial charge on any atom is 0.251 e. The number of rotatable bonds is 4. The number of halogens is 1. The number of benzene rings is 2. The van der Waals surface area contributed by atoms with Crippen molar-refractivity contribution >= 4 is 28.9 Å². The van der Waals surface area contributed by atoms with Crippen LogP contribution in [0.1, 0.15) is 33.9 Å². The quantitative estimate of drug-likeness (QED) is 0.726. The first-order valence-electron chi connectivity index (χ1n) is 8.53. The zero-order chi connectivity index (χ0) is 18.1. The molecule has 1 heterocycles. The van der Waals surface area contributed by atoms with Gasteiger partial charge in [-0.1, -0.05) is 23.7 Å². The lowest BCUT2D eigenvalue weighted by atomic mass is 10.1. The molecule has 26 heavy (non-hydrogen) atoms. The van der Waals surface area contributed by atoms with Crippen LogP contribution in [0.25, 0.3) is 0 Å². The predicted molar refractivity (Wildman–Crippen MR) is 103 cm³/mol. The summed E-state index contributed by atoms with van der Waals surface area (Å²) in [6.07, 6.45) is 5.46. The molecule has 0 spiro atoms. The van der Waals surface area contributed by atoms with Gasteiger partial charge in [0, 0.05) is 29.5 Å². The van der Waals surface area contributed by atoms with Crippen LogP contribution in [0.15, 0.2) is 54.9 Å². The Balaban J connectivity index is 1.48. The molecular formula is C20H19ClN4O. The average molecular weight is 367 g/mol. The molecule has 1 aromatic heterocycles. The molecule has 1 aliphatic rings. The van der Waals surface area contributed by atoms with Crippen LogP contribution in [0.5, 0.6) is 0 Å². The van der Waals surface area contributed by atoms with Crippen molar-refractivity contribution < 1.29 is 4.79 Å². The Hall–Kier alpha value is -2.79. The number of amides is 1. The van der Waals surface area contributed by atoms with E-state index in [9.17, 15) is 4.79 Å². The molecule has 1 unspecified atom stereocenters. The van der Waals surface area contributed by atoms with Gasteiger partial charge in [-0.25, -0.2) is 0 Å². The summed E-state index contributed by atoms with van der Waals surface area (Å²) >= 11 is 6.06. The van der Waals surface area contributed by atoms with E-state index in [4.69, 9.17) is 11.6 Å². The largest absolute Gasteiger partial charge is 0.353 e. The van der Waals surface area contributed by atoms with Gasteiger partial charge < -0.3 is 10.6 Å². The van der Waals surface area contributed by atoms with Crippen LogP contribution in [0.3, 0.4) is 0 Å². The number of fused-ring (bicyclic) bond motifs is 1. The third-order valence-electron chi connectivity index (χ3n) is 4.61. The summed E-state index contributed by atoms with van der Waals surface area (Å²) in [7, 11) is 1.86. The highest BCUT2D eigenvalue weighted by Crippen LogP contribution is 2.33. The number of carbonyl (C=O) groups excluding carboxylic acids is 1. The normalized spacial score (nSPS) is 15.5. The fraction of sp³-hybridized carbons (Fsp3) is 0.200. The number of hydrogen-bond acceptors (Lipinski definition) is 3. The predicted octanol–water partition coefficient (Wildman–Crippen LogP) is 4.23. The summed E-state index contributed by atoms with van der Waals surface area (Å²) < 4.78 is 1.72. The van der Waals surface area contributed by atoms with E-state index in [1.807, 2.05) is 55.7 Å². The molecule has 0 bridgehead atoms. The van der Waals surface area contributed by atoms with Crippen molar-refractivity contribution in [3.8, 4) is 0 Å². The number of anilines is 2. The van der Waals surface area contributed by atoms with Crippen LogP contribution in [-0.4, -0.2) is 15.7 Å². The molecule has 2 N–H and O–H groups in total. The molecule has 4 rings (SSSR count). The molecule has 1 amide bonds. The monoisotopic (exact) mass is 366 g/mol.